The quantitative estimate of drug-likeness (QED) is 0.605. The van der Waals surface area contributed by atoms with Gasteiger partial charge >= 0.3 is 0 Å². The van der Waals surface area contributed by atoms with E-state index in [0.29, 0.717) is 0 Å². The van der Waals surface area contributed by atoms with Crippen molar-refractivity contribution in [3.05, 3.63) is 52.7 Å². The molecule has 1 aliphatic carbocycles. The van der Waals surface area contributed by atoms with Crippen molar-refractivity contribution in [2.75, 3.05) is 0 Å². The summed E-state index contributed by atoms with van der Waals surface area (Å²) in [6.45, 7) is 1.31. The average Bonchev–Trinajstić information content (AvgIpc) is 2.81. The number of pyridine rings is 1. The van der Waals surface area contributed by atoms with Gasteiger partial charge in [-0.3, -0.25) is 19.4 Å². The normalized spacial score (nSPS) is 13.2. The molecular formula is C13H7NO4. The van der Waals surface area contributed by atoms with Crippen LogP contribution in [0.4, 0.5) is 0 Å². The second-order valence-corrected chi connectivity index (χ2v) is 3.99. The van der Waals surface area contributed by atoms with E-state index in [1.54, 1.807) is 0 Å². The lowest BCUT2D eigenvalue weighted by Crippen LogP contribution is -2.19. The molecule has 0 unspecified atom stereocenters. The van der Waals surface area contributed by atoms with E-state index in [0.717, 1.165) is 0 Å². The standard InChI is InChI=1S/C13H7NO4/c1-6(15)10-4-8-11(16)9-5-14-3-2-7(9)12(17)13(8)18-10/h2-5H,1H3. The van der Waals surface area contributed by atoms with Crippen LogP contribution in [0, 0.1) is 0 Å². The van der Waals surface area contributed by atoms with Gasteiger partial charge in [0.05, 0.1) is 11.1 Å². The van der Waals surface area contributed by atoms with Gasteiger partial charge in [0.25, 0.3) is 0 Å². The van der Waals surface area contributed by atoms with Crippen LogP contribution in [-0.4, -0.2) is 22.3 Å². The van der Waals surface area contributed by atoms with Crippen molar-refractivity contribution in [3.8, 4) is 0 Å². The maximum absolute atomic E-state index is 12.1. The zero-order valence-electron chi connectivity index (χ0n) is 9.39. The fraction of sp³-hybridized carbons (Fsp3) is 0.0769. The average molecular weight is 241 g/mol. The zero-order chi connectivity index (χ0) is 12.9. The van der Waals surface area contributed by atoms with E-state index in [1.165, 1.54) is 31.5 Å². The first-order valence-electron chi connectivity index (χ1n) is 5.28. The van der Waals surface area contributed by atoms with Crippen LogP contribution in [-0.2, 0) is 0 Å². The molecule has 0 atom stereocenters. The zero-order valence-corrected chi connectivity index (χ0v) is 9.39. The van der Waals surface area contributed by atoms with Crippen molar-refractivity contribution in [1.82, 2.24) is 4.98 Å². The third kappa shape index (κ3) is 1.27. The number of furan rings is 1. The van der Waals surface area contributed by atoms with Gasteiger partial charge in [-0.05, 0) is 12.1 Å². The Morgan fingerprint density at radius 1 is 1.17 bits per heavy atom. The van der Waals surface area contributed by atoms with E-state index in [1.807, 2.05) is 0 Å². The molecule has 2 heterocycles. The molecule has 0 saturated carbocycles. The smallest absolute Gasteiger partial charge is 0.229 e. The fourth-order valence-electron chi connectivity index (χ4n) is 1.94. The molecule has 0 radical (unpaired) electrons. The third-order valence-corrected chi connectivity index (χ3v) is 2.84. The molecule has 88 valence electrons. The topological polar surface area (TPSA) is 77.2 Å². The molecule has 2 aromatic rings. The van der Waals surface area contributed by atoms with Gasteiger partial charge in [0.1, 0.15) is 0 Å². The first-order chi connectivity index (χ1) is 8.59. The van der Waals surface area contributed by atoms with Crippen molar-refractivity contribution >= 4 is 17.3 Å². The number of ketones is 3. The molecule has 1 aliphatic rings. The Morgan fingerprint density at radius 3 is 2.67 bits per heavy atom. The maximum atomic E-state index is 12.1. The molecule has 5 heteroatoms. The van der Waals surface area contributed by atoms with Crippen molar-refractivity contribution < 1.29 is 18.8 Å². The monoisotopic (exact) mass is 241 g/mol. The highest BCUT2D eigenvalue weighted by Gasteiger charge is 2.34. The predicted octanol–water partition coefficient (Wildman–Crippen LogP) is 1.65. The van der Waals surface area contributed by atoms with E-state index >= 15 is 0 Å². The SMILES string of the molecule is CC(=O)c1cc2c(o1)C(=O)c1ccncc1C2=O. The summed E-state index contributed by atoms with van der Waals surface area (Å²) >= 11 is 0. The Balaban J connectivity index is 2.27. The van der Waals surface area contributed by atoms with Gasteiger partial charge in [-0.15, -0.1) is 0 Å². The number of hydrogen-bond acceptors (Lipinski definition) is 5. The van der Waals surface area contributed by atoms with Gasteiger partial charge in [0.2, 0.25) is 5.78 Å². The summed E-state index contributed by atoms with van der Waals surface area (Å²) in [4.78, 5) is 39.3. The summed E-state index contributed by atoms with van der Waals surface area (Å²) in [7, 11) is 0. The van der Waals surface area contributed by atoms with Gasteiger partial charge < -0.3 is 4.42 Å². The third-order valence-electron chi connectivity index (χ3n) is 2.84. The molecule has 0 fully saturated rings. The Hall–Kier alpha value is -2.56. The summed E-state index contributed by atoms with van der Waals surface area (Å²) in [5, 5.41) is 0. The summed E-state index contributed by atoms with van der Waals surface area (Å²) in [6, 6.07) is 2.78. The van der Waals surface area contributed by atoms with Crippen LogP contribution in [0.1, 0.15) is 49.5 Å². The van der Waals surface area contributed by atoms with E-state index in [4.69, 9.17) is 4.42 Å². The molecule has 18 heavy (non-hydrogen) atoms. The first kappa shape index (κ1) is 10.6. The lowest BCUT2D eigenvalue weighted by atomic mass is 9.90. The highest BCUT2D eigenvalue weighted by Crippen LogP contribution is 2.29. The van der Waals surface area contributed by atoms with Gasteiger partial charge in [0.15, 0.2) is 23.1 Å². The molecule has 3 rings (SSSR count). The Morgan fingerprint density at radius 2 is 1.94 bits per heavy atom. The summed E-state index contributed by atoms with van der Waals surface area (Å²) in [5.74, 6) is -1.11. The summed E-state index contributed by atoms with van der Waals surface area (Å²) < 4.78 is 5.17. The van der Waals surface area contributed by atoms with Crippen LogP contribution in [0.25, 0.3) is 0 Å². The summed E-state index contributed by atoms with van der Waals surface area (Å²) in [5.41, 5.74) is 0.628. The molecule has 0 bridgehead atoms. The molecule has 0 saturated heterocycles. The van der Waals surface area contributed by atoms with Crippen molar-refractivity contribution in [2.24, 2.45) is 0 Å². The van der Waals surface area contributed by atoms with E-state index < -0.39 is 5.78 Å². The van der Waals surface area contributed by atoms with Gasteiger partial charge in [-0.25, -0.2) is 0 Å². The second-order valence-electron chi connectivity index (χ2n) is 3.99. The number of rotatable bonds is 1. The minimum absolute atomic E-state index is 0.0162. The van der Waals surface area contributed by atoms with Crippen molar-refractivity contribution in [2.45, 2.75) is 6.92 Å². The number of Topliss-reactive ketones (excluding diaryl/α,β-unsaturated/α-hetero) is 1. The van der Waals surface area contributed by atoms with Gasteiger partial charge in [-0.1, -0.05) is 0 Å². The van der Waals surface area contributed by atoms with E-state index in [-0.39, 0.29) is 39.8 Å². The van der Waals surface area contributed by atoms with Crippen LogP contribution in [0.5, 0.6) is 0 Å². The molecule has 0 aromatic carbocycles. The van der Waals surface area contributed by atoms with E-state index in [2.05, 4.69) is 4.98 Å². The molecule has 0 aliphatic heterocycles. The number of fused-ring (bicyclic) bond motifs is 2. The highest BCUT2D eigenvalue weighted by molar-refractivity contribution is 6.27. The Bertz CT molecular complexity index is 659. The van der Waals surface area contributed by atoms with Crippen LogP contribution in [0.2, 0.25) is 0 Å². The van der Waals surface area contributed by atoms with Crippen LogP contribution in [0.15, 0.2) is 28.9 Å². The molecule has 5 nitrogen and oxygen atoms in total. The fourth-order valence-corrected chi connectivity index (χ4v) is 1.94. The van der Waals surface area contributed by atoms with E-state index in [9.17, 15) is 14.4 Å². The van der Waals surface area contributed by atoms with Crippen LogP contribution >= 0.6 is 0 Å². The largest absolute Gasteiger partial charge is 0.449 e. The van der Waals surface area contributed by atoms with Crippen LogP contribution in [0.3, 0.4) is 0 Å². The van der Waals surface area contributed by atoms with Gasteiger partial charge in [0, 0.05) is 24.9 Å². The van der Waals surface area contributed by atoms with Crippen LogP contribution < -0.4 is 0 Å². The molecule has 2 aromatic heterocycles. The number of hydrogen-bond donors (Lipinski definition) is 0. The molecule has 0 spiro atoms. The highest BCUT2D eigenvalue weighted by atomic mass is 16.4. The van der Waals surface area contributed by atoms with Crippen molar-refractivity contribution in [1.29, 1.82) is 0 Å². The van der Waals surface area contributed by atoms with Crippen molar-refractivity contribution in [3.63, 3.8) is 0 Å². The summed E-state index contributed by atoms with van der Waals surface area (Å²) in [6.07, 6.45) is 2.78. The lowest BCUT2D eigenvalue weighted by molar-refractivity contribution is 0.0947. The molecule has 0 amide bonds. The second kappa shape index (κ2) is 3.46. The number of carbonyl (C=O) groups is 3. The Labute approximate surface area is 101 Å². The minimum atomic E-state index is -0.394. The number of carbonyl (C=O) groups excluding carboxylic acids is 3. The Kier molecular flexibility index (Phi) is 2.04. The molecule has 0 N–H and O–H groups in total. The number of nitrogens with zero attached hydrogens (tertiary/aromatic N) is 1. The predicted molar refractivity (Wildman–Crippen MR) is 59.8 cm³/mol. The van der Waals surface area contributed by atoms with Gasteiger partial charge in [-0.2, -0.15) is 0 Å². The number of aromatic nitrogens is 1. The minimum Gasteiger partial charge on any atom is -0.449 e. The first-order valence-corrected chi connectivity index (χ1v) is 5.28. The molecular weight excluding hydrogens is 234 g/mol. The lowest BCUT2D eigenvalue weighted by Gasteiger charge is -2.11. The maximum Gasteiger partial charge on any atom is 0.229 e.